The first-order valence-electron chi connectivity index (χ1n) is 5.50. The van der Waals surface area contributed by atoms with Crippen LogP contribution in [0.4, 0.5) is 8.78 Å². The highest BCUT2D eigenvalue weighted by atomic mass is 35.5. The van der Waals surface area contributed by atoms with E-state index >= 15 is 0 Å². The number of halogens is 3. The summed E-state index contributed by atoms with van der Waals surface area (Å²) in [6.07, 6.45) is 0. The molecule has 0 fully saturated rings. The van der Waals surface area contributed by atoms with Crippen LogP contribution in [-0.2, 0) is 0 Å². The van der Waals surface area contributed by atoms with Crippen molar-refractivity contribution in [1.29, 1.82) is 0 Å². The standard InChI is InChI=1S/C12H15ClF2N2O2/c1-12(2,16)6-17-10(18)8-5-7(13)3-4-9(8)19-11(14)15/h3-5,11H,6,16H2,1-2H3,(H,17,18). The van der Waals surface area contributed by atoms with Crippen LogP contribution < -0.4 is 15.8 Å². The Labute approximate surface area is 114 Å². The number of carbonyl (C=O) groups excluding carboxylic acids is 1. The summed E-state index contributed by atoms with van der Waals surface area (Å²) in [4.78, 5) is 11.9. The van der Waals surface area contributed by atoms with E-state index in [1.165, 1.54) is 18.2 Å². The quantitative estimate of drug-likeness (QED) is 0.876. The molecule has 0 radical (unpaired) electrons. The van der Waals surface area contributed by atoms with E-state index in [0.717, 1.165) is 0 Å². The maximum Gasteiger partial charge on any atom is 0.387 e. The van der Waals surface area contributed by atoms with Gasteiger partial charge in [-0.2, -0.15) is 8.78 Å². The topological polar surface area (TPSA) is 64.3 Å². The highest BCUT2D eigenvalue weighted by Crippen LogP contribution is 2.24. The van der Waals surface area contributed by atoms with Crippen LogP contribution in [-0.4, -0.2) is 24.6 Å². The molecule has 0 aromatic heterocycles. The second kappa shape index (κ2) is 6.16. The van der Waals surface area contributed by atoms with Gasteiger partial charge in [-0.25, -0.2) is 0 Å². The minimum Gasteiger partial charge on any atom is -0.434 e. The maximum atomic E-state index is 12.2. The molecular formula is C12H15ClF2N2O2. The second-order valence-electron chi connectivity index (χ2n) is 4.69. The zero-order valence-corrected chi connectivity index (χ0v) is 11.3. The molecule has 0 heterocycles. The molecule has 4 nitrogen and oxygen atoms in total. The Morgan fingerprint density at radius 3 is 2.68 bits per heavy atom. The summed E-state index contributed by atoms with van der Waals surface area (Å²) in [6.45, 7) is 0.620. The van der Waals surface area contributed by atoms with E-state index in [2.05, 4.69) is 10.1 Å². The van der Waals surface area contributed by atoms with Crippen LogP contribution in [0.15, 0.2) is 18.2 Å². The van der Waals surface area contributed by atoms with E-state index in [-0.39, 0.29) is 22.9 Å². The third-order valence-electron chi connectivity index (χ3n) is 2.11. The molecule has 0 unspecified atom stereocenters. The number of hydrogen-bond acceptors (Lipinski definition) is 3. The van der Waals surface area contributed by atoms with Crippen molar-refractivity contribution in [3.63, 3.8) is 0 Å². The molecular weight excluding hydrogens is 278 g/mol. The molecule has 1 amide bonds. The Morgan fingerprint density at radius 2 is 2.16 bits per heavy atom. The van der Waals surface area contributed by atoms with Crippen molar-refractivity contribution in [1.82, 2.24) is 5.32 Å². The van der Waals surface area contributed by atoms with Crippen molar-refractivity contribution in [2.24, 2.45) is 5.73 Å². The van der Waals surface area contributed by atoms with Crippen molar-refractivity contribution < 1.29 is 18.3 Å². The monoisotopic (exact) mass is 292 g/mol. The molecule has 0 saturated carbocycles. The van der Waals surface area contributed by atoms with Gasteiger partial charge in [0.05, 0.1) is 5.56 Å². The molecule has 1 aromatic carbocycles. The Bertz CT molecular complexity index is 462. The predicted molar refractivity (Wildman–Crippen MR) is 68.7 cm³/mol. The fourth-order valence-corrected chi connectivity index (χ4v) is 1.45. The lowest BCUT2D eigenvalue weighted by molar-refractivity contribution is -0.0501. The van der Waals surface area contributed by atoms with Gasteiger partial charge in [-0.3, -0.25) is 4.79 Å². The van der Waals surface area contributed by atoms with Crippen molar-refractivity contribution in [3.8, 4) is 5.75 Å². The Hall–Kier alpha value is -1.40. The molecule has 0 aliphatic carbocycles. The fraction of sp³-hybridized carbons (Fsp3) is 0.417. The summed E-state index contributed by atoms with van der Waals surface area (Å²) in [5, 5.41) is 2.78. The van der Waals surface area contributed by atoms with Gasteiger partial charge in [0.2, 0.25) is 0 Å². The highest BCUT2D eigenvalue weighted by molar-refractivity contribution is 6.31. The molecule has 0 bridgehead atoms. The van der Waals surface area contributed by atoms with Gasteiger partial charge in [0, 0.05) is 17.1 Å². The molecule has 0 aliphatic rings. The highest BCUT2D eigenvalue weighted by Gasteiger charge is 2.18. The third-order valence-corrected chi connectivity index (χ3v) is 2.34. The molecule has 7 heteroatoms. The van der Waals surface area contributed by atoms with E-state index in [1.54, 1.807) is 13.8 Å². The molecule has 0 spiro atoms. The van der Waals surface area contributed by atoms with Crippen LogP contribution in [0.3, 0.4) is 0 Å². The lowest BCUT2D eigenvalue weighted by Gasteiger charge is -2.19. The van der Waals surface area contributed by atoms with Crippen LogP contribution >= 0.6 is 11.6 Å². The summed E-state index contributed by atoms with van der Waals surface area (Å²) in [7, 11) is 0. The van der Waals surface area contributed by atoms with E-state index in [9.17, 15) is 13.6 Å². The minimum absolute atomic E-state index is 0.0583. The molecule has 3 N–H and O–H groups in total. The number of rotatable bonds is 5. The van der Waals surface area contributed by atoms with E-state index in [4.69, 9.17) is 17.3 Å². The fourth-order valence-electron chi connectivity index (χ4n) is 1.28. The second-order valence-corrected chi connectivity index (χ2v) is 5.13. The predicted octanol–water partition coefficient (Wildman–Crippen LogP) is 2.41. The molecule has 1 aromatic rings. The number of amides is 1. The van der Waals surface area contributed by atoms with Crippen LogP contribution in [0.25, 0.3) is 0 Å². The van der Waals surface area contributed by atoms with E-state index in [1.807, 2.05) is 0 Å². The summed E-state index contributed by atoms with van der Waals surface area (Å²) < 4.78 is 28.7. The average Bonchev–Trinajstić information content (AvgIpc) is 2.27. The van der Waals surface area contributed by atoms with E-state index < -0.39 is 18.1 Å². The number of nitrogens with two attached hydrogens (primary N) is 1. The zero-order chi connectivity index (χ0) is 14.6. The van der Waals surface area contributed by atoms with E-state index in [0.29, 0.717) is 0 Å². The SMILES string of the molecule is CC(C)(N)CNC(=O)c1cc(Cl)ccc1OC(F)F. The summed E-state index contributed by atoms with van der Waals surface area (Å²) in [5.74, 6) is -0.802. The number of hydrogen-bond donors (Lipinski definition) is 2. The van der Waals surface area contributed by atoms with Gasteiger partial charge < -0.3 is 15.8 Å². The van der Waals surface area contributed by atoms with Gasteiger partial charge in [0.25, 0.3) is 5.91 Å². The first-order valence-corrected chi connectivity index (χ1v) is 5.88. The lowest BCUT2D eigenvalue weighted by atomic mass is 10.1. The number of carbonyl (C=O) groups is 1. The third kappa shape index (κ3) is 5.40. The molecule has 1 rings (SSSR count). The average molecular weight is 293 g/mol. The van der Waals surface area contributed by atoms with Gasteiger partial charge in [-0.05, 0) is 32.0 Å². The Kier molecular flexibility index (Phi) is 5.08. The van der Waals surface area contributed by atoms with Crippen LogP contribution in [0, 0.1) is 0 Å². The van der Waals surface area contributed by atoms with Crippen molar-refractivity contribution in [2.45, 2.75) is 26.0 Å². The van der Waals surface area contributed by atoms with Crippen LogP contribution in [0.1, 0.15) is 24.2 Å². The summed E-state index contributed by atoms with van der Waals surface area (Å²) in [5.41, 5.74) is 5.05. The van der Waals surface area contributed by atoms with Crippen molar-refractivity contribution >= 4 is 17.5 Å². The van der Waals surface area contributed by atoms with Crippen molar-refractivity contribution in [3.05, 3.63) is 28.8 Å². The number of alkyl halides is 2. The maximum absolute atomic E-state index is 12.2. The molecule has 19 heavy (non-hydrogen) atoms. The number of benzene rings is 1. The molecule has 106 valence electrons. The normalized spacial score (nSPS) is 11.5. The van der Waals surface area contributed by atoms with Gasteiger partial charge in [0.1, 0.15) is 5.75 Å². The largest absolute Gasteiger partial charge is 0.434 e. The van der Waals surface area contributed by atoms with Gasteiger partial charge in [-0.15, -0.1) is 0 Å². The van der Waals surface area contributed by atoms with Gasteiger partial charge in [-0.1, -0.05) is 11.6 Å². The van der Waals surface area contributed by atoms with Crippen LogP contribution in [0.5, 0.6) is 5.75 Å². The first-order chi connectivity index (χ1) is 8.69. The Balaban J connectivity index is 2.90. The van der Waals surface area contributed by atoms with Gasteiger partial charge in [0.15, 0.2) is 0 Å². The van der Waals surface area contributed by atoms with Crippen LogP contribution in [0.2, 0.25) is 5.02 Å². The summed E-state index contributed by atoms with van der Waals surface area (Å²) >= 11 is 5.74. The molecule has 0 saturated heterocycles. The molecule has 0 atom stereocenters. The Morgan fingerprint density at radius 1 is 1.53 bits per heavy atom. The smallest absolute Gasteiger partial charge is 0.387 e. The number of ether oxygens (including phenoxy) is 1. The summed E-state index contributed by atoms with van der Waals surface area (Å²) in [6, 6.07) is 3.85. The number of nitrogens with one attached hydrogen (secondary N) is 1. The zero-order valence-electron chi connectivity index (χ0n) is 10.5. The first kappa shape index (κ1) is 15.7. The van der Waals surface area contributed by atoms with Crippen molar-refractivity contribution in [2.75, 3.05) is 6.54 Å². The van der Waals surface area contributed by atoms with Gasteiger partial charge >= 0.3 is 6.61 Å². The molecule has 0 aliphatic heterocycles. The minimum atomic E-state index is -3.02. The lowest BCUT2D eigenvalue weighted by Crippen LogP contribution is -2.45.